The van der Waals surface area contributed by atoms with Gasteiger partial charge in [0.25, 0.3) is 0 Å². The van der Waals surface area contributed by atoms with Gasteiger partial charge in [0.2, 0.25) is 6.29 Å². The van der Waals surface area contributed by atoms with Crippen LogP contribution in [-0.2, 0) is 20.8 Å². The third-order valence-corrected chi connectivity index (χ3v) is 7.23. The zero-order chi connectivity index (χ0) is 27.7. The molecule has 7 nitrogen and oxygen atoms in total. The predicted molar refractivity (Wildman–Crippen MR) is 154 cm³/mol. The average molecular weight is 537 g/mol. The summed E-state index contributed by atoms with van der Waals surface area (Å²) in [5.41, 5.74) is 0. The van der Waals surface area contributed by atoms with Crippen molar-refractivity contribution in [3.8, 4) is 0 Å². The number of carbonyl (C=O) groups excluding carboxylic acids is 1. The van der Waals surface area contributed by atoms with E-state index in [1.165, 1.54) is 77.0 Å². The summed E-state index contributed by atoms with van der Waals surface area (Å²) < 4.78 is 19.0. The summed E-state index contributed by atoms with van der Waals surface area (Å²) in [5.74, 6) is 0. The van der Waals surface area contributed by atoms with Crippen LogP contribution in [0.25, 0.3) is 0 Å². The van der Waals surface area contributed by atoms with Gasteiger partial charge in [-0.15, -0.1) is 0 Å². The molecule has 1 amide bonds. The SMILES string of the molecule is CCCCCCCCCCCCCCCC(CC)NC(=O)OC(OCCCC[n+]1ccncc1)C(C)OC. The molecule has 1 N–H and O–H groups in total. The van der Waals surface area contributed by atoms with Crippen molar-refractivity contribution in [2.45, 2.75) is 155 Å². The van der Waals surface area contributed by atoms with E-state index >= 15 is 0 Å². The van der Waals surface area contributed by atoms with Gasteiger partial charge in [-0.2, -0.15) is 0 Å². The Hall–Kier alpha value is -1.73. The smallest absolute Gasteiger partial charge is 0.409 e. The van der Waals surface area contributed by atoms with Gasteiger partial charge >= 0.3 is 6.09 Å². The van der Waals surface area contributed by atoms with Crippen LogP contribution in [0.3, 0.4) is 0 Å². The molecule has 0 radical (unpaired) electrons. The molecular weight excluding hydrogens is 478 g/mol. The van der Waals surface area contributed by atoms with Gasteiger partial charge in [0.15, 0.2) is 12.4 Å². The predicted octanol–water partition coefficient (Wildman–Crippen LogP) is 7.51. The average Bonchev–Trinajstić information content (AvgIpc) is 2.94. The number of unbranched alkanes of at least 4 members (excludes halogenated alkanes) is 13. The van der Waals surface area contributed by atoms with Gasteiger partial charge in [0.05, 0.1) is 19.0 Å². The molecule has 0 saturated carbocycles. The molecule has 0 saturated heterocycles. The summed E-state index contributed by atoms with van der Waals surface area (Å²) in [7, 11) is 1.60. The van der Waals surface area contributed by atoms with Gasteiger partial charge in [-0.25, -0.2) is 9.36 Å². The fourth-order valence-electron chi connectivity index (χ4n) is 4.56. The molecule has 1 rings (SSSR count). The zero-order valence-corrected chi connectivity index (χ0v) is 25.0. The fraction of sp³-hybridized carbons (Fsp3) is 0.839. The number of hydrogen-bond donors (Lipinski definition) is 1. The Balaban J connectivity index is 2.14. The largest absolute Gasteiger partial charge is 0.417 e. The van der Waals surface area contributed by atoms with Gasteiger partial charge < -0.3 is 19.5 Å². The molecule has 220 valence electrons. The molecule has 7 heteroatoms. The van der Waals surface area contributed by atoms with E-state index in [1.54, 1.807) is 19.5 Å². The van der Waals surface area contributed by atoms with E-state index in [1.807, 2.05) is 19.3 Å². The number of carbonyl (C=O) groups is 1. The second kappa shape index (κ2) is 24.3. The third-order valence-electron chi connectivity index (χ3n) is 7.23. The maximum absolute atomic E-state index is 12.6. The molecule has 0 aliphatic carbocycles. The number of hydrogen-bond acceptors (Lipinski definition) is 5. The van der Waals surface area contributed by atoms with E-state index in [9.17, 15) is 4.79 Å². The first-order chi connectivity index (χ1) is 18.6. The van der Waals surface area contributed by atoms with Crippen molar-refractivity contribution in [3.05, 3.63) is 24.8 Å². The van der Waals surface area contributed by atoms with Crippen LogP contribution in [0.4, 0.5) is 4.79 Å². The number of methoxy groups -OCH3 is 1. The van der Waals surface area contributed by atoms with Crippen LogP contribution in [0.1, 0.15) is 130 Å². The highest BCUT2D eigenvalue weighted by atomic mass is 16.7. The summed E-state index contributed by atoms with van der Waals surface area (Å²) in [6.07, 6.45) is 27.2. The minimum Gasteiger partial charge on any atom is -0.417 e. The Morgan fingerprint density at radius 3 is 1.97 bits per heavy atom. The van der Waals surface area contributed by atoms with E-state index in [2.05, 4.69) is 28.7 Å². The van der Waals surface area contributed by atoms with E-state index in [0.29, 0.717) is 6.61 Å². The van der Waals surface area contributed by atoms with Gasteiger partial charge in [-0.1, -0.05) is 97.3 Å². The number of nitrogens with one attached hydrogen (secondary N) is 1. The van der Waals surface area contributed by atoms with Crippen LogP contribution in [0.2, 0.25) is 0 Å². The van der Waals surface area contributed by atoms with Crippen LogP contribution >= 0.6 is 0 Å². The number of aryl methyl sites for hydroxylation is 1. The van der Waals surface area contributed by atoms with Crippen molar-refractivity contribution in [2.24, 2.45) is 0 Å². The van der Waals surface area contributed by atoms with Crippen molar-refractivity contribution in [2.75, 3.05) is 13.7 Å². The lowest BCUT2D eigenvalue weighted by molar-refractivity contribution is -0.697. The number of amides is 1. The van der Waals surface area contributed by atoms with Crippen molar-refractivity contribution in [1.29, 1.82) is 0 Å². The van der Waals surface area contributed by atoms with Gasteiger partial charge in [-0.05, 0) is 26.2 Å². The normalized spacial score (nSPS) is 13.7. The van der Waals surface area contributed by atoms with Crippen molar-refractivity contribution in [1.82, 2.24) is 10.3 Å². The molecule has 0 aliphatic heterocycles. The van der Waals surface area contributed by atoms with Crippen molar-refractivity contribution >= 4 is 6.09 Å². The Labute approximate surface area is 233 Å². The molecule has 1 aromatic rings. The number of nitrogens with zero attached hydrogens (tertiary/aromatic N) is 2. The highest BCUT2D eigenvalue weighted by molar-refractivity contribution is 5.67. The molecule has 0 bridgehead atoms. The first-order valence-corrected chi connectivity index (χ1v) is 15.5. The number of aromatic nitrogens is 2. The third kappa shape index (κ3) is 18.5. The molecule has 0 aromatic carbocycles. The molecule has 3 atom stereocenters. The first-order valence-electron chi connectivity index (χ1n) is 15.5. The van der Waals surface area contributed by atoms with Crippen molar-refractivity contribution in [3.63, 3.8) is 0 Å². The van der Waals surface area contributed by atoms with Crippen LogP contribution < -0.4 is 9.88 Å². The fourth-order valence-corrected chi connectivity index (χ4v) is 4.56. The van der Waals surface area contributed by atoms with Gasteiger partial charge in [-0.3, -0.25) is 4.98 Å². The standard InChI is InChI=1S/C31H57N3O4/c1-5-7-8-9-10-11-12-13-14-15-16-17-18-21-29(6-2)33-31(35)38-30(28(3)36-4)37-27-20-19-24-34-25-22-32-23-26-34/h22-23,25-26,28-30H,5-21,24,27H2,1-4H3/p+1. The quantitative estimate of drug-likeness (QED) is 0.0795. The minimum atomic E-state index is -0.720. The first kappa shape index (κ1) is 34.3. The van der Waals surface area contributed by atoms with Crippen LogP contribution in [0, 0.1) is 0 Å². The Morgan fingerprint density at radius 1 is 0.842 bits per heavy atom. The molecule has 38 heavy (non-hydrogen) atoms. The minimum absolute atomic E-state index is 0.131. The molecule has 0 spiro atoms. The lowest BCUT2D eigenvalue weighted by atomic mass is 10.0. The summed E-state index contributed by atoms with van der Waals surface area (Å²) in [5, 5.41) is 3.04. The summed E-state index contributed by atoms with van der Waals surface area (Å²) >= 11 is 0. The van der Waals surface area contributed by atoms with E-state index in [-0.39, 0.29) is 12.1 Å². The maximum atomic E-state index is 12.6. The molecule has 0 aliphatic rings. The zero-order valence-electron chi connectivity index (χ0n) is 25.0. The number of alkyl carbamates (subject to hydrolysis) is 1. The van der Waals surface area contributed by atoms with Crippen LogP contribution in [0.15, 0.2) is 24.8 Å². The lowest BCUT2D eigenvalue weighted by Crippen LogP contribution is -2.41. The van der Waals surface area contributed by atoms with E-state index in [0.717, 1.165) is 38.6 Å². The Kier molecular flexibility index (Phi) is 22.0. The molecule has 3 unspecified atom stereocenters. The Bertz CT molecular complexity index is 662. The van der Waals surface area contributed by atoms with Crippen LogP contribution in [0.5, 0.6) is 0 Å². The Morgan fingerprint density at radius 2 is 1.42 bits per heavy atom. The lowest BCUT2D eigenvalue weighted by Gasteiger charge is -2.25. The topological polar surface area (TPSA) is 73.6 Å². The van der Waals surface area contributed by atoms with E-state index in [4.69, 9.17) is 14.2 Å². The maximum Gasteiger partial charge on any atom is 0.409 e. The number of ether oxygens (including phenoxy) is 3. The molecule has 1 heterocycles. The number of rotatable bonds is 25. The molecular formula is C31H58N3O4+. The van der Waals surface area contributed by atoms with Crippen LogP contribution in [-0.4, -0.2) is 43.2 Å². The highest BCUT2D eigenvalue weighted by Crippen LogP contribution is 2.14. The monoisotopic (exact) mass is 536 g/mol. The van der Waals surface area contributed by atoms with Gasteiger partial charge in [0.1, 0.15) is 12.6 Å². The summed E-state index contributed by atoms with van der Waals surface area (Å²) in [4.78, 5) is 16.6. The van der Waals surface area contributed by atoms with Crippen molar-refractivity contribution < 1.29 is 23.6 Å². The second-order valence-electron chi connectivity index (χ2n) is 10.6. The highest BCUT2D eigenvalue weighted by Gasteiger charge is 2.23. The molecule has 1 aromatic heterocycles. The second-order valence-corrected chi connectivity index (χ2v) is 10.6. The molecule has 0 fully saturated rings. The summed E-state index contributed by atoms with van der Waals surface area (Å²) in [6, 6.07) is 0.131. The van der Waals surface area contributed by atoms with E-state index < -0.39 is 12.4 Å². The summed E-state index contributed by atoms with van der Waals surface area (Å²) in [6.45, 7) is 7.65. The van der Waals surface area contributed by atoms with Gasteiger partial charge in [0, 0.05) is 19.6 Å².